The summed E-state index contributed by atoms with van der Waals surface area (Å²) in [5.41, 5.74) is 2.78. The van der Waals surface area contributed by atoms with Gasteiger partial charge in [-0.05, 0) is 53.8 Å². The second-order valence-electron chi connectivity index (χ2n) is 6.52. The Morgan fingerprint density at radius 2 is 1.76 bits per heavy atom. The van der Waals surface area contributed by atoms with E-state index in [1.165, 1.54) is 18.7 Å². The Kier molecular flexibility index (Phi) is 7.43. The van der Waals surface area contributed by atoms with Crippen molar-refractivity contribution in [2.75, 3.05) is 12.3 Å². The molecule has 1 amide bonds. The summed E-state index contributed by atoms with van der Waals surface area (Å²) in [6, 6.07) is 15.6. The predicted octanol–water partition coefficient (Wildman–Crippen LogP) is 3.83. The zero-order chi connectivity index (χ0) is 20.8. The summed E-state index contributed by atoms with van der Waals surface area (Å²) >= 11 is 3.58. The van der Waals surface area contributed by atoms with Crippen LogP contribution in [-0.4, -0.2) is 38.8 Å². The molecule has 29 heavy (non-hydrogen) atoms. The van der Waals surface area contributed by atoms with E-state index < -0.39 is 0 Å². The standard InChI is InChI=1S/C21H21IN4O2S/c1-14-3-9-18(10-4-14)26-20(11-12-23-15(2)27)24-25-21(26)29-13-19(28)16-5-7-17(22)8-6-16/h3-10H,11-13H2,1-2H3,(H,23,27). The highest BCUT2D eigenvalue weighted by Crippen LogP contribution is 2.24. The summed E-state index contributed by atoms with van der Waals surface area (Å²) in [5.74, 6) is 0.983. The number of aryl methyl sites for hydroxylation is 1. The van der Waals surface area contributed by atoms with Crippen molar-refractivity contribution in [1.82, 2.24) is 20.1 Å². The smallest absolute Gasteiger partial charge is 0.216 e. The van der Waals surface area contributed by atoms with Gasteiger partial charge in [0.2, 0.25) is 5.91 Å². The molecule has 0 atom stereocenters. The molecule has 2 aromatic carbocycles. The Hall–Kier alpha value is -2.20. The minimum Gasteiger partial charge on any atom is -0.356 e. The van der Waals surface area contributed by atoms with Gasteiger partial charge in [-0.2, -0.15) is 0 Å². The lowest BCUT2D eigenvalue weighted by Gasteiger charge is -2.11. The average molecular weight is 520 g/mol. The van der Waals surface area contributed by atoms with Gasteiger partial charge >= 0.3 is 0 Å². The van der Waals surface area contributed by atoms with Crippen LogP contribution in [0.15, 0.2) is 53.7 Å². The summed E-state index contributed by atoms with van der Waals surface area (Å²) < 4.78 is 3.04. The van der Waals surface area contributed by atoms with E-state index in [9.17, 15) is 9.59 Å². The molecule has 0 fully saturated rings. The maximum atomic E-state index is 12.5. The third-order valence-electron chi connectivity index (χ3n) is 4.21. The second-order valence-corrected chi connectivity index (χ2v) is 8.71. The number of benzene rings is 2. The third-order valence-corrected chi connectivity index (χ3v) is 5.86. The number of rotatable bonds is 8. The first kappa shape index (κ1) is 21.5. The Morgan fingerprint density at radius 1 is 1.07 bits per heavy atom. The molecule has 0 saturated heterocycles. The van der Waals surface area contributed by atoms with Crippen LogP contribution in [0.25, 0.3) is 5.69 Å². The number of hydrogen-bond donors (Lipinski definition) is 1. The lowest BCUT2D eigenvalue weighted by molar-refractivity contribution is -0.118. The number of hydrogen-bond acceptors (Lipinski definition) is 5. The topological polar surface area (TPSA) is 76.9 Å². The zero-order valence-corrected chi connectivity index (χ0v) is 19.2. The Labute approximate surface area is 187 Å². The van der Waals surface area contributed by atoms with Crippen molar-refractivity contribution in [2.24, 2.45) is 0 Å². The van der Waals surface area contributed by atoms with Gasteiger partial charge in [-0.3, -0.25) is 14.2 Å². The number of carbonyl (C=O) groups excluding carboxylic acids is 2. The van der Waals surface area contributed by atoms with E-state index >= 15 is 0 Å². The van der Waals surface area contributed by atoms with Gasteiger partial charge in [-0.1, -0.05) is 41.6 Å². The van der Waals surface area contributed by atoms with E-state index in [0.717, 1.165) is 20.6 Å². The fraction of sp³-hybridized carbons (Fsp3) is 0.238. The molecule has 0 unspecified atom stereocenters. The molecule has 0 saturated carbocycles. The quantitative estimate of drug-likeness (QED) is 0.278. The highest BCUT2D eigenvalue weighted by atomic mass is 127. The monoisotopic (exact) mass is 520 g/mol. The SMILES string of the molecule is CC(=O)NCCc1nnc(SCC(=O)c2ccc(I)cc2)n1-c1ccc(C)cc1. The molecule has 1 N–H and O–H groups in total. The summed E-state index contributed by atoms with van der Waals surface area (Å²) in [7, 11) is 0. The van der Waals surface area contributed by atoms with Crippen LogP contribution in [0.3, 0.4) is 0 Å². The molecule has 150 valence electrons. The van der Waals surface area contributed by atoms with Crippen LogP contribution in [0.4, 0.5) is 0 Å². The number of ketones is 1. The molecule has 0 aliphatic rings. The summed E-state index contributed by atoms with van der Waals surface area (Å²) in [6.45, 7) is 4.00. The van der Waals surface area contributed by atoms with Crippen LogP contribution in [0, 0.1) is 10.5 Å². The van der Waals surface area contributed by atoms with Gasteiger partial charge < -0.3 is 5.32 Å². The van der Waals surface area contributed by atoms with E-state index in [4.69, 9.17) is 0 Å². The maximum absolute atomic E-state index is 12.5. The average Bonchev–Trinajstić information content (AvgIpc) is 3.10. The molecule has 1 heterocycles. The number of amides is 1. The van der Waals surface area contributed by atoms with E-state index in [2.05, 4.69) is 38.1 Å². The number of nitrogens with zero attached hydrogens (tertiary/aromatic N) is 3. The van der Waals surface area contributed by atoms with E-state index in [1.54, 1.807) is 0 Å². The number of aromatic nitrogens is 3. The lowest BCUT2D eigenvalue weighted by atomic mass is 10.2. The molecule has 0 bridgehead atoms. The second kappa shape index (κ2) is 10.0. The molecule has 1 aromatic heterocycles. The number of nitrogens with one attached hydrogen (secondary N) is 1. The van der Waals surface area contributed by atoms with Gasteiger partial charge in [0.1, 0.15) is 5.82 Å². The molecular formula is C21H21IN4O2S. The Bertz CT molecular complexity index is 1000. The van der Waals surface area contributed by atoms with E-state index in [1.807, 2.05) is 60.0 Å². The first-order valence-electron chi connectivity index (χ1n) is 9.11. The maximum Gasteiger partial charge on any atom is 0.216 e. The first-order valence-corrected chi connectivity index (χ1v) is 11.2. The lowest BCUT2D eigenvalue weighted by Crippen LogP contribution is -2.23. The molecule has 0 aliphatic carbocycles. The molecular weight excluding hydrogens is 499 g/mol. The molecule has 3 aromatic rings. The highest BCUT2D eigenvalue weighted by molar-refractivity contribution is 14.1. The minimum atomic E-state index is -0.0795. The van der Waals surface area contributed by atoms with E-state index in [0.29, 0.717) is 23.7 Å². The summed E-state index contributed by atoms with van der Waals surface area (Å²) in [5, 5.41) is 12.0. The number of halogens is 1. The molecule has 0 spiro atoms. The highest BCUT2D eigenvalue weighted by Gasteiger charge is 2.16. The van der Waals surface area contributed by atoms with Gasteiger partial charge in [-0.25, -0.2) is 0 Å². The van der Waals surface area contributed by atoms with Crippen molar-refractivity contribution < 1.29 is 9.59 Å². The largest absolute Gasteiger partial charge is 0.356 e. The van der Waals surface area contributed by atoms with Crippen molar-refractivity contribution in [3.05, 3.63) is 69.1 Å². The van der Waals surface area contributed by atoms with E-state index in [-0.39, 0.29) is 17.4 Å². The summed E-state index contributed by atoms with van der Waals surface area (Å²) in [6.07, 6.45) is 0.548. The normalized spacial score (nSPS) is 10.7. The van der Waals surface area contributed by atoms with Crippen molar-refractivity contribution >= 4 is 46.0 Å². The summed E-state index contributed by atoms with van der Waals surface area (Å²) in [4.78, 5) is 23.7. The zero-order valence-electron chi connectivity index (χ0n) is 16.2. The van der Waals surface area contributed by atoms with Crippen LogP contribution in [0.5, 0.6) is 0 Å². The number of carbonyl (C=O) groups is 2. The third kappa shape index (κ3) is 5.89. The van der Waals surface area contributed by atoms with Gasteiger partial charge in [-0.15, -0.1) is 10.2 Å². The van der Waals surface area contributed by atoms with Crippen LogP contribution >= 0.6 is 34.4 Å². The fourth-order valence-electron chi connectivity index (χ4n) is 2.71. The van der Waals surface area contributed by atoms with Crippen LogP contribution in [0.1, 0.15) is 28.7 Å². The van der Waals surface area contributed by atoms with Crippen LogP contribution in [0.2, 0.25) is 0 Å². The molecule has 6 nitrogen and oxygen atoms in total. The van der Waals surface area contributed by atoms with Gasteiger partial charge in [0.15, 0.2) is 10.9 Å². The Morgan fingerprint density at radius 3 is 2.41 bits per heavy atom. The van der Waals surface area contributed by atoms with Gasteiger partial charge in [0.25, 0.3) is 0 Å². The minimum absolute atomic E-state index is 0.0460. The van der Waals surface area contributed by atoms with Crippen LogP contribution in [-0.2, 0) is 11.2 Å². The molecule has 0 aliphatic heterocycles. The van der Waals surface area contributed by atoms with Gasteiger partial charge in [0.05, 0.1) is 5.75 Å². The Balaban J connectivity index is 1.80. The molecule has 3 rings (SSSR count). The number of thioether (sulfide) groups is 1. The fourth-order valence-corrected chi connectivity index (χ4v) is 3.93. The first-order chi connectivity index (χ1) is 13.9. The van der Waals surface area contributed by atoms with Crippen molar-refractivity contribution in [2.45, 2.75) is 25.4 Å². The molecule has 8 heteroatoms. The van der Waals surface area contributed by atoms with Crippen molar-refractivity contribution in [3.63, 3.8) is 0 Å². The van der Waals surface area contributed by atoms with Crippen molar-refractivity contribution in [1.29, 1.82) is 0 Å². The van der Waals surface area contributed by atoms with Crippen molar-refractivity contribution in [3.8, 4) is 5.69 Å². The van der Waals surface area contributed by atoms with Crippen LogP contribution < -0.4 is 5.32 Å². The van der Waals surface area contributed by atoms with Gasteiger partial charge in [0, 0.05) is 34.7 Å². The predicted molar refractivity (Wildman–Crippen MR) is 123 cm³/mol. The molecule has 0 radical (unpaired) electrons. The number of Topliss-reactive ketones (excluding diaryl/α,β-unsaturated/α-hetero) is 1.